The van der Waals surface area contributed by atoms with Gasteiger partial charge in [0.15, 0.2) is 0 Å². The predicted molar refractivity (Wildman–Crippen MR) is 87.0 cm³/mol. The summed E-state index contributed by atoms with van der Waals surface area (Å²) in [6.07, 6.45) is 0.341. The van der Waals surface area contributed by atoms with E-state index >= 15 is 0 Å². The molecule has 0 aliphatic rings. The average molecular weight is 304 g/mol. The summed E-state index contributed by atoms with van der Waals surface area (Å²) in [5.74, 6) is -0.0668. The van der Waals surface area contributed by atoms with Crippen molar-refractivity contribution in [2.24, 2.45) is 0 Å². The lowest BCUT2D eigenvalue weighted by Crippen LogP contribution is -2.22. The Hall–Kier alpha value is -1.95. The highest BCUT2D eigenvalue weighted by molar-refractivity contribution is 7.15. The van der Waals surface area contributed by atoms with Gasteiger partial charge in [0.05, 0.1) is 6.42 Å². The Bertz CT molecular complexity index is 607. The molecule has 1 heterocycles. The molecule has 5 nitrogen and oxygen atoms in total. The molecule has 0 unspecified atom stereocenters. The van der Waals surface area contributed by atoms with E-state index in [0.717, 1.165) is 29.3 Å². The lowest BCUT2D eigenvalue weighted by Gasteiger charge is -2.21. The summed E-state index contributed by atoms with van der Waals surface area (Å²) in [6, 6.07) is 8.10. The first kappa shape index (κ1) is 15.4. The second kappa shape index (κ2) is 7.17. The van der Waals surface area contributed by atoms with E-state index in [0.29, 0.717) is 11.6 Å². The molecule has 0 aliphatic carbocycles. The minimum absolute atomic E-state index is 0.0668. The Balaban J connectivity index is 2.02. The summed E-state index contributed by atoms with van der Waals surface area (Å²) in [4.78, 5) is 14.3. The fourth-order valence-electron chi connectivity index (χ4n) is 2.15. The standard InChI is InChI=1S/C15H20N4OS/c1-4-19(5-2)13-8-6-7-12(9-13)10-14(20)16-15-18-17-11(3)21-15/h6-9H,4-5,10H2,1-3H3,(H,16,18,20). The quantitative estimate of drug-likeness (QED) is 0.891. The molecule has 0 bridgehead atoms. The second-order valence-corrected chi connectivity index (χ2v) is 5.88. The number of carbonyl (C=O) groups excluding carboxylic acids is 1. The van der Waals surface area contributed by atoms with Crippen molar-refractivity contribution < 1.29 is 4.79 Å². The zero-order chi connectivity index (χ0) is 15.2. The number of nitrogens with one attached hydrogen (secondary N) is 1. The summed E-state index contributed by atoms with van der Waals surface area (Å²) < 4.78 is 0. The number of benzene rings is 1. The number of hydrogen-bond acceptors (Lipinski definition) is 5. The van der Waals surface area contributed by atoms with E-state index in [1.165, 1.54) is 11.3 Å². The van der Waals surface area contributed by atoms with E-state index < -0.39 is 0 Å². The predicted octanol–water partition coefficient (Wildman–Crippen LogP) is 2.87. The monoisotopic (exact) mass is 304 g/mol. The first-order valence-electron chi connectivity index (χ1n) is 7.06. The minimum Gasteiger partial charge on any atom is -0.372 e. The number of anilines is 2. The van der Waals surface area contributed by atoms with Crippen LogP contribution in [0.5, 0.6) is 0 Å². The van der Waals surface area contributed by atoms with Crippen LogP contribution in [0.3, 0.4) is 0 Å². The van der Waals surface area contributed by atoms with Gasteiger partial charge in [0, 0.05) is 18.8 Å². The molecule has 21 heavy (non-hydrogen) atoms. The highest BCUT2D eigenvalue weighted by Crippen LogP contribution is 2.17. The third-order valence-corrected chi connectivity index (χ3v) is 3.93. The van der Waals surface area contributed by atoms with Crippen LogP contribution in [-0.4, -0.2) is 29.2 Å². The number of aromatic nitrogens is 2. The van der Waals surface area contributed by atoms with Gasteiger partial charge in [0.25, 0.3) is 0 Å². The fourth-order valence-corrected chi connectivity index (χ4v) is 2.76. The number of carbonyl (C=O) groups is 1. The van der Waals surface area contributed by atoms with Gasteiger partial charge in [-0.2, -0.15) is 0 Å². The van der Waals surface area contributed by atoms with Crippen molar-refractivity contribution in [1.82, 2.24) is 10.2 Å². The molecule has 0 fully saturated rings. The lowest BCUT2D eigenvalue weighted by molar-refractivity contribution is -0.115. The zero-order valence-electron chi connectivity index (χ0n) is 12.6. The third kappa shape index (κ3) is 4.26. The van der Waals surface area contributed by atoms with Gasteiger partial charge in [-0.3, -0.25) is 4.79 Å². The van der Waals surface area contributed by atoms with Crippen molar-refractivity contribution in [2.75, 3.05) is 23.3 Å². The van der Waals surface area contributed by atoms with Crippen LogP contribution >= 0.6 is 11.3 Å². The molecule has 6 heteroatoms. The molecule has 1 aromatic carbocycles. The van der Waals surface area contributed by atoms with Gasteiger partial charge < -0.3 is 10.2 Å². The third-order valence-electron chi connectivity index (χ3n) is 3.18. The molecule has 112 valence electrons. The highest BCUT2D eigenvalue weighted by Gasteiger charge is 2.09. The van der Waals surface area contributed by atoms with Gasteiger partial charge in [-0.25, -0.2) is 0 Å². The molecular weight excluding hydrogens is 284 g/mol. The molecule has 0 saturated heterocycles. The van der Waals surface area contributed by atoms with Gasteiger partial charge in [-0.05, 0) is 38.5 Å². The van der Waals surface area contributed by atoms with Gasteiger partial charge in [0.1, 0.15) is 5.01 Å². The van der Waals surface area contributed by atoms with Crippen LogP contribution in [0.1, 0.15) is 24.4 Å². The van der Waals surface area contributed by atoms with Crippen LogP contribution < -0.4 is 10.2 Å². The maximum absolute atomic E-state index is 12.0. The molecule has 0 aliphatic heterocycles. The van der Waals surface area contributed by atoms with Crippen molar-refractivity contribution in [3.63, 3.8) is 0 Å². The van der Waals surface area contributed by atoms with Crippen LogP contribution in [0.4, 0.5) is 10.8 Å². The van der Waals surface area contributed by atoms with Gasteiger partial charge in [-0.1, -0.05) is 23.5 Å². The van der Waals surface area contributed by atoms with Gasteiger partial charge >= 0.3 is 0 Å². The Labute approximate surface area is 129 Å². The molecule has 2 rings (SSSR count). The molecule has 1 N–H and O–H groups in total. The summed E-state index contributed by atoms with van der Waals surface area (Å²) in [6.45, 7) is 8.02. The second-order valence-electron chi connectivity index (χ2n) is 4.69. The van der Waals surface area contributed by atoms with Crippen LogP contribution in [0.25, 0.3) is 0 Å². The topological polar surface area (TPSA) is 58.1 Å². The highest BCUT2D eigenvalue weighted by atomic mass is 32.1. The summed E-state index contributed by atoms with van der Waals surface area (Å²) in [5, 5.41) is 12.0. The first-order chi connectivity index (χ1) is 10.1. The number of rotatable bonds is 6. The Morgan fingerprint density at radius 2 is 2.05 bits per heavy atom. The Kier molecular flexibility index (Phi) is 5.27. The minimum atomic E-state index is -0.0668. The molecule has 1 amide bonds. The zero-order valence-corrected chi connectivity index (χ0v) is 13.4. The van der Waals surface area contributed by atoms with Gasteiger partial charge in [0.2, 0.25) is 11.0 Å². The maximum Gasteiger partial charge on any atom is 0.230 e. The number of nitrogens with zero attached hydrogens (tertiary/aromatic N) is 3. The van der Waals surface area contributed by atoms with E-state index in [1.54, 1.807) is 0 Å². The normalized spacial score (nSPS) is 10.4. The van der Waals surface area contributed by atoms with Crippen molar-refractivity contribution in [1.29, 1.82) is 0 Å². The Morgan fingerprint density at radius 3 is 2.67 bits per heavy atom. The molecule has 0 saturated carbocycles. The van der Waals surface area contributed by atoms with Crippen LogP contribution in [0.15, 0.2) is 24.3 Å². The average Bonchev–Trinajstić information content (AvgIpc) is 2.85. The smallest absolute Gasteiger partial charge is 0.230 e. The van der Waals surface area contributed by atoms with Crippen LogP contribution in [0.2, 0.25) is 0 Å². The van der Waals surface area contributed by atoms with Crippen molar-refractivity contribution in [3.05, 3.63) is 34.8 Å². The molecule has 2 aromatic rings. The molecule has 1 aromatic heterocycles. The van der Waals surface area contributed by atoms with Crippen LogP contribution in [-0.2, 0) is 11.2 Å². The van der Waals surface area contributed by atoms with E-state index in [4.69, 9.17) is 0 Å². The summed E-state index contributed by atoms with van der Waals surface area (Å²) >= 11 is 1.38. The molecular formula is C15H20N4OS. The van der Waals surface area contributed by atoms with Crippen molar-refractivity contribution in [3.8, 4) is 0 Å². The summed E-state index contributed by atoms with van der Waals surface area (Å²) in [5.41, 5.74) is 2.15. The summed E-state index contributed by atoms with van der Waals surface area (Å²) in [7, 11) is 0. The van der Waals surface area contributed by atoms with Gasteiger partial charge in [-0.15, -0.1) is 10.2 Å². The number of aryl methyl sites for hydroxylation is 1. The number of amides is 1. The Morgan fingerprint density at radius 1 is 1.29 bits per heavy atom. The number of hydrogen-bond donors (Lipinski definition) is 1. The van der Waals surface area contributed by atoms with Crippen molar-refractivity contribution >= 4 is 28.1 Å². The van der Waals surface area contributed by atoms with E-state index in [2.05, 4.69) is 46.4 Å². The van der Waals surface area contributed by atoms with E-state index in [9.17, 15) is 4.79 Å². The SMILES string of the molecule is CCN(CC)c1cccc(CC(=O)Nc2nnc(C)s2)c1. The maximum atomic E-state index is 12.0. The van der Waals surface area contributed by atoms with Crippen molar-refractivity contribution in [2.45, 2.75) is 27.2 Å². The molecule has 0 atom stereocenters. The first-order valence-corrected chi connectivity index (χ1v) is 7.87. The van der Waals surface area contributed by atoms with Crippen LogP contribution in [0, 0.1) is 6.92 Å². The van der Waals surface area contributed by atoms with E-state index in [-0.39, 0.29) is 5.91 Å². The van der Waals surface area contributed by atoms with E-state index in [1.807, 2.05) is 19.1 Å². The fraction of sp³-hybridized carbons (Fsp3) is 0.400. The lowest BCUT2D eigenvalue weighted by atomic mass is 10.1. The molecule has 0 spiro atoms. The molecule has 0 radical (unpaired) electrons. The largest absolute Gasteiger partial charge is 0.372 e.